The number of aromatic hydroxyl groups is 2. The SMILES string of the molecule is O=S(=O)(O)c1ccc(O)cc1.O=S(=O)(O)c1ccc(O)cc1.[Hg].[Na].[Na]. The Hall–Kier alpha value is 0.795. The quantitative estimate of drug-likeness (QED) is 0.290. The van der Waals surface area contributed by atoms with Crippen LogP contribution in [0, 0.1) is 0 Å². The van der Waals surface area contributed by atoms with Crippen LogP contribution in [0.25, 0.3) is 0 Å². The molecule has 0 amide bonds. The normalized spacial score (nSPS) is 10.0. The van der Waals surface area contributed by atoms with Crippen LogP contribution in [0.2, 0.25) is 0 Å². The van der Waals surface area contributed by atoms with E-state index in [0.29, 0.717) is 0 Å². The van der Waals surface area contributed by atoms with Gasteiger partial charge in [-0.25, -0.2) is 0 Å². The molecule has 0 aliphatic carbocycles. The van der Waals surface area contributed by atoms with Crippen LogP contribution < -0.4 is 0 Å². The topological polar surface area (TPSA) is 149 Å². The van der Waals surface area contributed by atoms with Gasteiger partial charge in [-0.3, -0.25) is 9.11 Å². The summed E-state index contributed by atoms with van der Waals surface area (Å²) >= 11 is 0. The molecule has 2 aromatic rings. The van der Waals surface area contributed by atoms with Crippen LogP contribution in [0.15, 0.2) is 58.3 Å². The molecule has 124 valence electrons. The van der Waals surface area contributed by atoms with Gasteiger partial charge in [0.25, 0.3) is 20.2 Å². The minimum absolute atomic E-state index is 0. The van der Waals surface area contributed by atoms with Crippen molar-refractivity contribution >= 4 is 79.4 Å². The third-order valence-corrected chi connectivity index (χ3v) is 4.00. The fourth-order valence-electron chi connectivity index (χ4n) is 1.24. The van der Waals surface area contributed by atoms with Crippen LogP contribution in [0.5, 0.6) is 11.5 Å². The van der Waals surface area contributed by atoms with Crippen molar-refractivity contribution in [1.82, 2.24) is 0 Å². The summed E-state index contributed by atoms with van der Waals surface area (Å²) in [5, 5.41) is 17.5. The number of phenolic OH excluding ortho intramolecular Hbond substituents is 2. The molecule has 25 heavy (non-hydrogen) atoms. The standard InChI is InChI=1S/2C6H6O4S.Hg.2Na/c2*7-5-1-3-6(4-2-5)11(8,9)10;;;/h2*1-4,7H,(H,8,9,10);;;. The van der Waals surface area contributed by atoms with Crippen LogP contribution in [-0.4, -0.2) is 95.3 Å². The largest absolute Gasteiger partial charge is 0.508 e. The number of benzene rings is 2. The van der Waals surface area contributed by atoms with Crippen molar-refractivity contribution in [3.05, 3.63) is 48.5 Å². The molecule has 0 unspecified atom stereocenters. The molecule has 0 spiro atoms. The van der Waals surface area contributed by atoms with Crippen molar-refractivity contribution in [3.63, 3.8) is 0 Å². The molecule has 2 rings (SSSR count). The van der Waals surface area contributed by atoms with Crippen molar-refractivity contribution in [3.8, 4) is 11.5 Å². The molecule has 0 heterocycles. The number of rotatable bonds is 2. The summed E-state index contributed by atoms with van der Waals surface area (Å²) in [6.07, 6.45) is 0. The van der Waals surface area contributed by atoms with Crippen LogP contribution >= 0.6 is 0 Å². The summed E-state index contributed by atoms with van der Waals surface area (Å²) in [6.45, 7) is 0. The van der Waals surface area contributed by atoms with Crippen LogP contribution in [0.1, 0.15) is 0 Å². The van der Waals surface area contributed by atoms with Crippen molar-refractivity contribution < 1.29 is 63.8 Å². The Morgan fingerprint density at radius 1 is 0.560 bits per heavy atom. The molecule has 0 aromatic heterocycles. The molecule has 0 aliphatic rings. The number of phenols is 2. The molecule has 2 radical (unpaired) electrons. The van der Waals surface area contributed by atoms with Crippen molar-refractivity contribution in [2.45, 2.75) is 9.79 Å². The van der Waals surface area contributed by atoms with E-state index in [1.807, 2.05) is 0 Å². The van der Waals surface area contributed by atoms with Crippen molar-refractivity contribution in [2.24, 2.45) is 0 Å². The van der Waals surface area contributed by atoms with Gasteiger partial charge in [0.1, 0.15) is 11.5 Å². The summed E-state index contributed by atoms with van der Waals surface area (Å²) in [7, 11) is -8.26. The Morgan fingerprint density at radius 2 is 0.760 bits per heavy atom. The predicted octanol–water partition coefficient (Wildman–Crippen LogP) is 0.514. The Labute approximate surface area is 210 Å². The smallest absolute Gasteiger partial charge is 0.294 e. The summed E-state index contributed by atoms with van der Waals surface area (Å²) in [4.78, 5) is -0.453. The Balaban J connectivity index is -0.000000346. The molecule has 13 heteroatoms. The van der Waals surface area contributed by atoms with Gasteiger partial charge in [0.15, 0.2) is 0 Å². The molecule has 0 bridgehead atoms. The Kier molecular flexibility index (Phi) is 15.9. The Bertz CT molecular complexity index is 764. The van der Waals surface area contributed by atoms with E-state index >= 15 is 0 Å². The summed E-state index contributed by atoms with van der Waals surface area (Å²) in [5.74, 6) is -0.0881. The molecular weight excluding hydrogens is 583 g/mol. The third kappa shape index (κ3) is 12.0. The van der Waals surface area contributed by atoms with Gasteiger partial charge in [0, 0.05) is 86.8 Å². The van der Waals surface area contributed by atoms with E-state index in [1.54, 1.807) is 0 Å². The molecule has 0 saturated heterocycles. The maximum absolute atomic E-state index is 10.4. The molecular formula is C12H12HgNa2O8S2. The monoisotopic (exact) mass is 596 g/mol. The van der Waals surface area contributed by atoms with Gasteiger partial charge in [-0.2, -0.15) is 16.8 Å². The summed E-state index contributed by atoms with van der Waals surface area (Å²) < 4.78 is 58.6. The Morgan fingerprint density at radius 3 is 0.920 bits per heavy atom. The van der Waals surface area contributed by atoms with Crippen molar-refractivity contribution in [2.75, 3.05) is 0 Å². The third-order valence-electron chi connectivity index (χ3n) is 2.27. The summed E-state index contributed by atoms with van der Waals surface area (Å²) in [5.41, 5.74) is 0. The van der Waals surface area contributed by atoms with E-state index in [0.717, 1.165) is 24.3 Å². The fraction of sp³-hybridized carbons (Fsp3) is 0. The van der Waals surface area contributed by atoms with Gasteiger partial charge in [0.2, 0.25) is 0 Å². The molecule has 0 fully saturated rings. The van der Waals surface area contributed by atoms with E-state index < -0.39 is 20.2 Å². The van der Waals surface area contributed by atoms with E-state index in [4.69, 9.17) is 19.3 Å². The average molecular weight is 595 g/mol. The second-order valence-corrected chi connectivity index (χ2v) is 6.78. The molecule has 0 aliphatic heterocycles. The molecule has 0 saturated carbocycles. The first-order valence-corrected chi connectivity index (χ1v) is 8.41. The maximum atomic E-state index is 10.4. The van der Waals surface area contributed by atoms with Crippen LogP contribution in [-0.2, 0) is 47.9 Å². The molecule has 4 N–H and O–H groups in total. The zero-order chi connectivity index (χ0) is 17.0. The van der Waals surface area contributed by atoms with E-state index in [9.17, 15) is 16.8 Å². The van der Waals surface area contributed by atoms with Crippen LogP contribution in [0.3, 0.4) is 0 Å². The average Bonchev–Trinajstić information content (AvgIpc) is 2.38. The maximum Gasteiger partial charge on any atom is 0.294 e. The van der Waals surface area contributed by atoms with E-state index in [1.165, 1.54) is 24.3 Å². The van der Waals surface area contributed by atoms with E-state index in [2.05, 4.69) is 0 Å². The zero-order valence-electron chi connectivity index (χ0n) is 13.6. The van der Waals surface area contributed by atoms with Crippen molar-refractivity contribution in [1.29, 1.82) is 0 Å². The molecule has 2 aromatic carbocycles. The second-order valence-electron chi connectivity index (χ2n) is 3.94. The van der Waals surface area contributed by atoms with Gasteiger partial charge in [-0.15, -0.1) is 0 Å². The zero-order valence-corrected chi connectivity index (χ0v) is 24.7. The number of hydrogen-bond acceptors (Lipinski definition) is 6. The minimum atomic E-state index is -4.13. The first-order valence-electron chi connectivity index (χ1n) is 5.53. The van der Waals surface area contributed by atoms with Gasteiger partial charge in [0.05, 0.1) is 9.79 Å². The second kappa shape index (κ2) is 13.1. The van der Waals surface area contributed by atoms with Gasteiger partial charge in [-0.05, 0) is 48.5 Å². The fourth-order valence-corrected chi connectivity index (χ4v) is 2.20. The molecule has 8 nitrogen and oxygen atoms in total. The van der Waals surface area contributed by atoms with Crippen LogP contribution in [0.4, 0.5) is 0 Å². The predicted molar refractivity (Wildman–Crippen MR) is 87.4 cm³/mol. The van der Waals surface area contributed by atoms with E-state index in [-0.39, 0.29) is 108 Å². The minimum Gasteiger partial charge on any atom is -0.508 e. The first-order chi connectivity index (χ1) is 10.00. The summed E-state index contributed by atoms with van der Waals surface area (Å²) in [6, 6.07) is 9.20. The number of hydrogen-bond donors (Lipinski definition) is 4. The molecule has 0 atom stereocenters. The van der Waals surface area contributed by atoms with Gasteiger partial charge >= 0.3 is 0 Å². The van der Waals surface area contributed by atoms with Gasteiger partial charge < -0.3 is 10.2 Å². The first kappa shape index (κ1) is 30.5. The van der Waals surface area contributed by atoms with Gasteiger partial charge in [-0.1, -0.05) is 0 Å².